The van der Waals surface area contributed by atoms with Crippen molar-refractivity contribution in [3.8, 4) is 5.75 Å². The van der Waals surface area contributed by atoms with E-state index >= 15 is 0 Å². The molecule has 0 aliphatic rings. The molecule has 2 aromatic carbocycles. The Kier molecular flexibility index (Phi) is 4.91. The highest BCUT2D eigenvalue weighted by Crippen LogP contribution is 2.28. The van der Waals surface area contributed by atoms with E-state index in [4.69, 9.17) is 27.9 Å². The van der Waals surface area contributed by atoms with Crippen LogP contribution in [0.25, 0.3) is 0 Å². The third kappa shape index (κ3) is 3.45. The summed E-state index contributed by atoms with van der Waals surface area (Å²) in [6.45, 7) is 0. The first-order valence-electron chi connectivity index (χ1n) is 5.61. The summed E-state index contributed by atoms with van der Waals surface area (Å²) in [6.07, 6.45) is 0. The number of anilines is 1. The minimum Gasteiger partial charge on any atom is -0.495 e. The molecule has 0 spiro atoms. The van der Waals surface area contributed by atoms with Gasteiger partial charge in [0.2, 0.25) is 0 Å². The lowest BCUT2D eigenvalue weighted by Crippen LogP contribution is -2.11. The molecule has 6 heteroatoms. The van der Waals surface area contributed by atoms with E-state index in [1.54, 1.807) is 36.4 Å². The predicted molar refractivity (Wildman–Crippen MR) is 85.1 cm³/mol. The third-order valence-corrected chi connectivity index (χ3v) is 4.10. The van der Waals surface area contributed by atoms with Crippen LogP contribution < -0.4 is 10.1 Å². The first kappa shape index (κ1) is 15.2. The zero-order valence-corrected chi connectivity index (χ0v) is 13.5. The van der Waals surface area contributed by atoms with E-state index in [0.717, 1.165) is 0 Å². The van der Waals surface area contributed by atoms with E-state index in [1.807, 2.05) is 0 Å². The first-order valence-corrected chi connectivity index (χ1v) is 7.16. The van der Waals surface area contributed by atoms with E-state index in [9.17, 15) is 4.79 Å². The van der Waals surface area contributed by atoms with Gasteiger partial charge in [-0.05, 0) is 52.3 Å². The molecule has 0 unspecified atom stereocenters. The lowest BCUT2D eigenvalue weighted by Gasteiger charge is -2.08. The Balaban J connectivity index is 2.19. The molecule has 0 saturated carbocycles. The van der Waals surface area contributed by atoms with Crippen molar-refractivity contribution in [1.82, 2.24) is 0 Å². The summed E-state index contributed by atoms with van der Waals surface area (Å²) in [5, 5.41) is 3.74. The number of carbonyl (C=O) groups excluding carboxylic acids is 1. The van der Waals surface area contributed by atoms with E-state index < -0.39 is 0 Å². The Hall–Kier alpha value is -1.23. The Labute approximate surface area is 135 Å². The second-order valence-electron chi connectivity index (χ2n) is 3.93. The summed E-state index contributed by atoms with van der Waals surface area (Å²) in [7, 11) is 1.53. The van der Waals surface area contributed by atoms with E-state index in [0.29, 0.717) is 31.5 Å². The predicted octanol–water partition coefficient (Wildman–Crippen LogP) is 5.02. The van der Waals surface area contributed by atoms with Gasteiger partial charge in [0.25, 0.3) is 5.91 Å². The molecule has 1 amide bonds. The van der Waals surface area contributed by atoms with Crippen molar-refractivity contribution in [3.05, 3.63) is 56.5 Å². The maximum atomic E-state index is 12.1. The summed E-state index contributed by atoms with van der Waals surface area (Å²) < 4.78 is 5.72. The van der Waals surface area contributed by atoms with Crippen LogP contribution in [0.4, 0.5) is 5.69 Å². The average Bonchev–Trinajstić information content (AvgIpc) is 2.42. The van der Waals surface area contributed by atoms with E-state index in [2.05, 4.69) is 21.2 Å². The summed E-state index contributed by atoms with van der Waals surface area (Å²) in [4.78, 5) is 12.1. The van der Waals surface area contributed by atoms with Crippen LogP contribution in [0.15, 0.2) is 40.9 Å². The number of halogens is 3. The number of rotatable bonds is 3. The molecule has 1 N–H and O–H groups in total. The average molecular weight is 375 g/mol. The van der Waals surface area contributed by atoms with Crippen molar-refractivity contribution in [1.29, 1.82) is 0 Å². The fourth-order valence-corrected chi connectivity index (χ4v) is 2.34. The van der Waals surface area contributed by atoms with Gasteiger partial charge in [-0.15, -0.1) is 0 Å². The van der Waals surface area contributed by atoms with Gasteiger partial charge in [0.1, 0.15) is 5.75 Å². The van der Waals surface area contributed by atoms with Crippen molar-refractivity contribution in [2.45, 2.75) is 0 Å². The molecule has 0 fully saturated rings. The smallest absolute Gasteiger partial charge is 0.255 e. The third-order valence-electron chi connectivity index (χ3n) is 2.59. The normalized spacial score (nSPS) is 10.2. The van der Waals surface area contributed by atoms with Crippen LogP contribution in [0.3, 0.4) is 0 Å². The van der Waals surface area contributed by atoms with Crippen molar-refractivity contribution < 1.29 is 9.53 Å². The van der Waals surface area contributed by atoms with Crippen molar-refractivity contribution in [2.75, 3.05) is 12.4 Å². The van der Waals surface area contributed by atoms with Gasteiger partial charge in [-0.2, -0.15) is 0 Å². The highest BCUT2D eigenvalue weighted by atomic mass is 79.9. The van der Waals surface area contributed by atoms with Gasteiger partial charge < -0.3 is 10.1 Å². The maximum Gasteiger partial charge on any atom is 0.255 e. The van der Waals surface area contributed by atoms with Crippen molar-refractivity contribution >= 4 is 50.7 Å². The lowest BCUT2D eigenvalue weighted by atomic mass is 10.2. The summed E-state index contributed by atoms with van der Waals surface area (Å²) >= 11 is 15.2. The molecule has 2 rings (SSSR count). The zero-order chi connectivity index (χ0) is 14.7. The molecule has 0 saturated heterocycles. The minimum absolute atomic E-state index is 0.247. The highest BCUT2D eigenvalue weighted by Gasteiger charge is 2.09. The van der Waals surface area contributed by atoms with Crippen LogP contribution >= 0.6 is 39.1 Å². The number of ether oxygens (including phenoxy) is 1. The van der Waals surface area contributed by atoms with Gasteiger partial charge in [-0.3, -0.25) is 4.79 Å². The Morgan fingerprint density at radius 2 is 1.90 bits per heavy atom. The Morgan fingerprint density at radius 3 is 2.50 bits per heavy atom. The SMILES string of the molecule is COc1ccc(NC(=O)c2ccc(Cl)c(Br)c2)cc1Cl. The maximum absolute atomic E-state index is 12.1. The van der Waals surface area contributed by atoms with Gasteiger partial charge in [0.15, 0.2) is 0 Å². The second-order valence-corrected chi connectivity index (χ2v) is 5.60. The number of methoxy groups -OCH3 is 1. The number of benzene rings is 2. The summed E-state index contributed by atoms with van der Waals surface area (Å²) in [6, 6.07) is 9.99. The molecule has 0 heterocycles. The lowest BCUT2D eigenvalue weighted by molar-refractivity contribution is 0.102. The molecular weight excluding hydrogens is 365 g/mol. The fourth-order valence-electron chi connectivity index (χ4n) is 1.58. The number of hydrogen-bond donors (Lipinski definition) is 1. The summed E-state index contributed by atoms with van der Waals surface area (Å²) in [5.41, 5.74) is 1.08. The molecule has 0 atom stereocenters. The van der Waals surface area contributed by atoms with Gasteiger partial charge in [-0.25, -0.2) is 0 Å². The Bertz CT molecular complexity index is 662. The number of amides is 1. The molecule has 3 nitrogen and oxygen atoms in total. The molecule has 2 aromatic rings. The number of carbonyl (C=O) groups is 1. The van der Waals surface area contributed by atoms with Crippen LogP contribution in [0.2, 0.25) is 10.0 Å². The van der Waals surface area contributed by atoms with Gasteiger partial charge in [0, 0.05) is 15.7 Å². The molecule has 0 bridgehead atoms. The van der Waals surface area contributed by atoms with Gasteiger partial charge in [-0.1, -0.05) is 23.2 Å². The standard InChI is InChI=1S/C14H10BrCl2NO2/c1-20-13-5-3-9(7-12(13)17)18-14(19)8-2-4-11(16)10(15)6-8/h2-7H,1H3,(H,18,19). The number of nitrogens with one attached hydrogen (secondary N) is 1. The van der Waals surface area contributed by atoms with Crippen molar-refractivity contribution in [2.24, 2.45) is 0 Å². The molecule has 0 radical (unpaired) electrons. The topological polar surface area (TPSA) is 38.3 Å². The minimum atomic E-state index is -0.247. The quantitative estimate of drug-likeness (QED) is 0.819. The van der Waals surface area contributed by atoms with Crippen LogP contribution in [0.1, 0.15) is 10.4 Å². The molecule has 104 valence electrons. The first-order chi connectivity index (χ1) is 9.51. The number of hydrogen-bond acceptors (Lipinski definition) is 2. The van der Waals surface area contributed by atoms with E-state index in [1.165, 1.54) is 7.11 Å². The van der Waals surface area contributed by atoms with E-state index in [-0.39, 0.29) is 5.91 Å². The fraction of sp³-hybridized carbons (Fsp3) is 0.0714. The van der Waals surface area contributed by atoms with Gasteiger partial charge >= 0.3 is 0 Å². The van der Waals surface area contributed by atoms with Crippen LogP contribution in [-0.4, -0.2) is 13.0 Å². The molecule has 0 aliphatic heterocycles. The Morgan fingerprint density at radius 1 is 1.15 bits per heavy atom. The molecule has 0 aromatic heterocycles. The second kappa shape index (κ2) is 6.48. The highest BCUT2D eigenvalue weighted by molar-refractivity contribution is 9.10. The van der Waals surface area contributed by atoms with Crippen molar-refractivity contribution in [3.63, 3.8) is 0 Å². The zero-order valence-electron chi connectivity index (χ0n) is 10.4. The van der Waals surface area contributed by atoms with Gasteiger partial charge in [0.05, 0.1) is 17.2 Å². The molecular formula is C14H10BrCl2NO2. The monoisotopic (exact) mass is 373 g/mol. The molecule has 20 heavy (non-hydrogen) atoms. The van der Waals surface area contributed by atoms with Crippen LogP contribution in [0.5, 0.6) is 5.75 Å². The van der Waals surface area contributed by atoms with Crippen LogP contribution in [0, 0.1) is 0 Å². The van der Waals surface area contributed by atoms with Crippen LogP contribution in [-0.2, 0) is 0 Å². The molecule has 0 aliphatic carbocycles. The largest absolute Gasteiger partial charge is 0.495 e. The summed E-state index contributed by atoms with van der Waals surface area (Å²) in [5.74, 6) is 0.308.